The SMILES string of the molecule is C=C[C@@H]1OCC[C@H]1NC(=O)NC1CC(N(CC)CC(=O)O)C1. The second kappa shape index (κ2) is 7.60. The third kappa shape index (κ3) is 4.20. The van der Waals surface area contributed by atoms with Gasteiger partial charge in [0, 0.05) is 18.7 Å². The maximum Gasteiger partial charge on any atom is 0.317 e. The van der Waals surface area contributed by atoms with Gasteiger partial charge in [0.15, 0.2) is 0 Å². The Bertz CT molecular complexity index is 423. The van der Waals surface area contributed by atoms with Crippen molar-refractivity contribution in [1.82, 2.24) is 15.5 Å². The van der Waals surface area contributed by atoms with Gasteiger partial charge in [0.05, 0.1) is 18.7 Å². The first-order valence-electron chi connectivity index (χ1n) is 7.80. The fourth-order valence-electron chi connectivity index (χ4n) is 3.07. The number of ether oxygens (including phenoxy) is 1. The van der Waals surface area contributed by atoms with Crippen LogP contribution >= 0.6 is 0 Å². The molecule has 1 aliphatic carbocycles. The fraction of sp³-hybridized carbons (Fsp3) is 0.733. The molecule has 0 bridgehead atoms. The number of nitrogens with zero attached hydrogens (tertiary/aromatic N) is 1. The number of amides is 2. The van der Waals surface area contributed by atoms with E-state index in [1.165, 1.54) is 0 Å². The molecule has 1 heterocycles. The number of carboxylic acid groups (broad SMARTS) is 1. The topological polar surface area (TPSA) is 90.9 Å². The molecular formula is C15H25N3O4. The van der Waals surface area contributed by atoms with Crippen LogP contribution in [0.4, 0.5) is 4.79 Å². The summed E-state index contributed by atoms with van der Waals surface area (Å²) < 4.78 is 5.44. The summed E-state index contributed by atoms with van der Waals surface area (Å²) in [6.07, 6.45) is 3.97. The lowest BCUT2D eigenvalue weighted by molar-refractivity contribution is -0.139. The average molecular weight is 311 g/mol. The first-order chi connectivity index (χ1) is 10.5. The number of hydrogen-bond acceptors (Lipinski definition) is 4. The van der Waals surface area contributed by atoms with Crippen LogP contribution in [-0.2, 0) is 9.53 Å². The van der Waals surface area contributed by atoms with Gasteiger partial charge >= 0.3 is 12.0 Å². The minimum atomic E-state index is -0.812. The summed E-state index contributed by atoms with van der Waals surface area (Å²) in [5, 5.41) is 14.7. The molecule has 0 spiro atoms. The van der Waals surface area contributed by atoms with Gasteiger partial charge < -0.3 is 20.5 Å². The third-order valence-electron chi connectivity index (χ3n) is 4.39. The first-order valence-corrected chi connectivity index (χ1v) is 7.80. The van der Waals surface area contributed by atoms with Gasteiger partial charge in [-0.1, -0.05) is 13.0 Å². The molecule has 0 radical (unpaired) electrons. The Balaban J connectivity index is 1.69. The van der Waals surface area contributed by atoms with Gasteiger partial charge in [-0.25, -0.2) is 4.79 Å². The molecule has 0 aromatic heterocycles. The van der Waals surface area contributed by atoms with Crippen LogP contribution in [0.2, 0.25) is 0 Å². The summed E-state index contributed by atoms with van der Waals surface area (Å²) in [5.41, 5.74) is 0. The Morgan fingerprint density at radius 1 is 1.41 bits per heavy atom. The lowest BCUT2D eigenvalue weighted by atomic mass is 9.85. The number of likely N-dealkylation sites (N-methyl/N-ethyl adjacent to an activating group) is 1. The van der Waals surface area contributed by atoms with Crippen molar-refractivity contribution in [2.75, 3.05) is 19.7 Å². The quantitative estimate of drug-likeness (QED) is 0.598. The molecule has 2 atom stereocenters. The van der Waals surface area contributed by atoms with E-state index in [0.29, 0.717) is 13.2 Å². The third-order valence-corrected chi connectivity index (χ3v) is 4.39. The van der Waals surface area contributed by atoms with Gasteiger partial charge in [0.2, 0.25) is 0 Å². The smallest absolute Gasteiger partial charge is 0.317 e. The molecule has 2 amide bonds. The predicted molar refractivity (Wildman–Crippen MR) is 81.7 cm³/mol. The molecule has 1 saturated carbocycles. The molecule has 1 saturated heterocycles. The van der Waals surface area contributed by atoms with Crippen LogP contribution in [0.25, 0.3) is 0 Å². The molecule has 3 N–H and O–H groups in total. The Morgan fingerprint density at radius 3 is 2.73 bits per heavy atom. The van der Waals surface area contributed by atoms with Gasteiger partial charge in [0.25, 0.3) is 0 Å². The standard InChI is InChI=1S/C15H25N3O4/c1-3-13-12(5-6-22-13)17-15(21)16-10-7-11(8-10)18(4-2)9-14(19)20/h3,10-13H,1,4-9H2,2H3,(H,19,20)(H2,16,17,21)/t10?,11?,12-,13+/m1/s1. The molecule has 2 aliphatic rings. The van der Waals surface area contributed by atoms with Gasteiger partial charge in [-0.2, -0.15) is 0 Å². The Kier molecular flexibility index (Phi) is 5.79. The number of hydrogen-bond donors (Lipinski definition) is 3. The number of urea groups is 1. The van der Waals surface area contributed by atoms with E-state index in [9.17, 15) is 9.59 Å². The summed E-state index contributed by atoms with van der Waals surface area (Å²) in [6.45, 7) is 7.04. The Labute approximate surface area is 130 Å². The average Bonchev–Trinajstić information content (AvgIpc) is 2.87. The second-order valence-corrected chi connectivity index (χ2v) is 5.86. The molecular weight excluding hydrogens is 286 g/mol. The molecule has 0 aromatic rings. The summed E-state index contributed by atoms with van der Waals surface area (Å²) >= 11 is 0. The van der Waals surface area contributed by atoms with E-state index in [1.54, 1.807) is 6.08 Å². The van der Waals surface area contributed by atoms with E-state index < -0.39 is 5.97 Å². The van der Waals surface area contributed by atoms with Crippen LogP contribution < -0.4 is 10.6 Å². The van der Waals surface area contributed by atoms with Crippen LogP contribution in [0.5, 0.6) is 0 Å². The molecule has 0 aromatic carbocycles. The summed E-state index contributed by atoms with van der Waals surface area (Å²) in [6, 6.07) is 0.138. The van der Waals surface area contributed by atoms with Crippen LogP contribution in [0.3, 0.4) is 0 Å². The van der Waals surface area contributed by atoms with Crippen LogP contribution in [0, 0.1) is 0 Å². The molecule has 7 heteroatoms. The number of nitrogens with one attached hydrogen (secondary N) is 2. The number of carbonyl (C=O) groups excluding carboxylic acids is 1. The zero-order valence-electron chi connectivity index (χ0n) is 13.0. The molecule has 124 valence electrons. The lowest BCUT2D eigenvalue weighted by Crippen LogP contribution is -2.57. The van der Waals surface area contributed by atoms with E-state index in [-0.39, 0.29) is 36.8 Å². The van der Waals surface area contributed by atoms with Crippen molar-refractivity contribution >= 4 is 12.0 Å². The minimum Gasteiger partial charge on any atom is -0.480 e. The second-order valence-electron chi connectivity index (χ2n) is 5.86. The molecule has 22 heavy (non-hydrogen) atoms. The van der Waals surface area contributed by atoms with Crippen LogP contribution in [0.15, 0.2) is 12.7 Å². The van der Waals surface area contributed by atoms with Crippen LogP contribution in [0.1, 0.15) is 26.2 Å². The Hall–Kier alpha value is -1.60. The molecule has 2 fully saturated rings. The van der Waals surface area contributed by atoms with Gasteiger partial charge in [-0.3, -0.25) is 9.69 Å². The minimum absolute atomic E-state index is 0.0208. The largest absolute Gasteiger partial charge is 0.480 e. The van der Waals surface area contributed by atoms with E-state index in [2.05, 4.69) is 17.2 Å². The van der Waals surface area contributed by atoms with E-state index in [0.717, 1.165) is 19.3 Å². The maximum absolute atomic E-state index is 12.0. The fourth-order valence-corrected chi connectivity index (χ4v) is 3.07. The highest BCUT2D eigenvalue weighted by Gasteiger charge is 2.35. The monoisotopic (exact) mass is 311 g/mol. The van der Waals surface area contributed by atoms with Gasteiger partial charge in [-0.15, -0.1) is 6.58 Å². The zero-order chi connectivity index (χ0) is 16.1. The first kappa shape index (κ1) is 16.8. The van der Waals surface area contributed by atoms with E-state index in [4.69, 9.17) is 9.84 Å². The molecule has 1 aliphatic heterocycles. The molecule has 2 rings (SSSR count). The zero-order valence-corrected chi connectivity index (χ0v) is 13.0. The highest BCUT2D eigenvalue weighted by Crippen LogP contribution is 2.25. The number of rotatable bonds is 7. The normalized spacial score (nSPS) is 30.6. The number of carbonyl (C=O) groups is 2. The van der Waals surface area contributed by atoms with Crippen LogP contribution in [-0.4, -0.2) is 65.9 Å². The summed E-state index contributed by atoms with van der Waals surface area (Å²) in [4.78, 5) is 24.7. The molecule has 0 unspecified atom stereocenters. The van der Waals surface area contributed by atoms with Gasteiger partial charge in [-0.05, 0) is 25.8 Å². The van der Waals surface area contributed by atoms with Crippen molar-refractivity contribution in [1.29, 1.82) is 0 Å². The number of carboxylic acids is 1. The lowest BCUT2D eigenvalue weighted by Gasteiger charge is -2.42. The highest BCUT2D eigenvalue weighted by atomic mass is 16.5. The van der Waals surface area contributed by atoms with Crippen molar-refractivity contribution in [2.24, 2.45) is 0 Å². The van der Waals surface area contributed by atoms with Crippen molar-refractivity contribution < 1.29 is 19.4 Å². The number of aliphatic carboxylic acids is 1. The Morgan fingerprint density at radius 2 is 2.14 bits per heavy atom. The summed E-state index contributed by atoms with van der Waals surface area (Å²) in [5.74, 6) is -0.812. The highest BCUT2D eigenvalue weighted by molar-refractivity contribution is 5.75. The molecule has 7 nitrogen and oxygen atoms in total. The van der Waals surface area contributed by atoms with Crippen molar-refractivity contribution in [3.63, 3.8) is 0 Å². The maximum atomic E-state index is 12.0. The van der Waals surface area contributed by atoms with E-state index in [1.807, 2.05) is 11.8 Å². The van der Waals surface area contributed by atoms with E-state index >= 15 is 0 Å². The predicted octanol–water partition coefficient (Wildman–Crippen LogP) is 0.567. The van der Waals surface area contributed by atoms with Crippen molar-refractivity contribution in [3.8, 4) is 0 Å². The van der Waals surface area contributed by atoms with Crippen molar-refractivity contribution in [3.05, 3.63) is 12.7 Å². The summed E-state index contributed by atoms with van der Waals surface area (Å²) in [7, 11) is 0. The van der Waals surface area contributed by atoms with Gasteiger partial charge in [0.1, 0.15) is 0 Å². The van der Waals surface area contributed by atoms with Crippen molar-refractivity contribution in [2.45, 2.75) is 50.4 Å².